The van der Waals surface area contributed by atoms with Gasteiger partial charge in [-0.3, -0.25) is 0 Å². The Balaban J connectivity index is 2.27. The zero-order chi connectivity index (χ0) is 18.0. The van der Waals surface area contributed by atoms with Gasteiger partial charge in [-0.05, 0) is 41.7 Å². The van der Waals surface area contributed by atoms with E-state index in [1.54, 1.807) is 0 Å². The third-order valence-corrected chi connectivity index (χ3v) is 6.73. The minimum absolute atomic E-state index is 0.160. The standard InChI is InChI=1S/C23H25OP/c1-17-15-20(23(2,3)4)22(24)21(16-17)25(18-11-7-5-8-12-18)19-13-9-6-10-14-19/h5-16,24H,1-4H3/p-1. The fraction of sp³-hybridized carbons (Fsp3) is 0.217. The lowest BCUT2D eigenvalue weighted by atomic mass is 9.85. The molecule has 0 radical (unpaired) electrons. The van der Waals surface area contributed by atoms with Crippen LogP contribution in [0.2, 0.25) is 0 Å². The first-order valence-electron chi connectivity index (χ1n) is 8.60. The summed E-state index contributed by atoms with van der Waals surface area (Å²) in [5, 5.41) is 16.7. The molecule has 0 spiro atoms. The second-order valence-corrected chi connectivity index (χ2v) is 9.60. The number of aryl methyl sites for hydroxylation is 1. The molecule has 0 fully saturated rings. The number of hydrogen-bond donors (Lipinski definition) is 0. The molecule has 0 atom stereocenters. The average Bonchev–Trinajstić information content (AvgIpc) is 2.59. The van der Waals surface area contributed by atoms with E-state index in [0.29, 0.717) is 0 Å². The molecule has 0 aliphatic carbocycles. The fourth-order valence-electron chi connectivity index (χ4n) is 3.06. The van der Waals surface area contributed by atoms with E-state index in [2.05, 4.69) is 88.4 Å². The molecule has 0 unspecified atom stereocenters. The summed E-state index contributed by atoms with van der Waals surface area (Å²) in [6.45, 7) is 8.42. The van der Waals surface area contributed by atoms with Crippen LogP contribution >= 0.6 is 7.92 Å². The van der Waals surface area contributed by atoms with Crippen LogP contribution in [-0.2, 0) is 5.41 Å². The summed E-state index contributed by atoms with van der Waals surface area (Å²) in [4.78, 5) is 0. The maximum absolute atomic E-state index is 13.4. The maximum Gasteiger partial charge on any atom is -0.0138 e. The first-order valence-corrected chi connectivity index (χ1v) is 9.94. The van der Waals surface area contributed by atoms with Gasteiger partial charge in [-0.1, -0.05) is 105 Å². The van der Waals surface area contributed by atoms with Crippen LogP contribution in [-0.4, -0.2) is 0 Å². The molecule has 3 aromatic rings. The Morgan fingerprint density at radius 1 is 0.760 bits per heavy atom. The van der Waals surface area contributed by atoms with Gasteiger partial charge in [0.2, 0.25) is 0 Å². The molecular weight excluding hydrogens is 323 g/mol. The predicted octanol–water partition coefficient (Wildman–Crippen LogP) is 4.12. The summed E-state index contributed by atoms with van der Waals surface area (Å²) in [6.07, 6.45) is 0. The average molecular weight is 347 g/mol. The second kappa shape index (κ2) is 7.02. The predicted molar refractivity (Wildman–Crippen MR) is 108 cm³/mol. The molecule has 0 N–H and O–H groups in total. The molecule has 3 aromatic carbocycles. The summed E-state index contributed by atoms with van der Waals surface area (Å²) in [6, 6.07) is 24.9. The van der Waals surface area contributed by atoms with Crippen molar-refractivity contribution in [2.75, 3.05) is 0 Å². The van der Waals surface area contributed by atoms with Crippen LogP contribution in [0.5, 0.6) is 5.75 Å². The van der Waals surface area contributed by atoms with Crippen molar-refractivity contribution in [1.82, 2.24) is 0 Å². The van der Waals surface area contributed by atoms with Crippen LogP contribution in [0.1, 0.15) is 31.9 Å². The highest BCUT2D eigenvalue weighted by molar-refractivity contribution is 7.80. The van der Waals surface area contributed by atoms with Crippen LogP contribution < -0.4 is 21.0 Å². The van der Waals surface area contributed by atoms with E-state index in [9.17, 15) is 5.11 Å². The van der Waals surface area contributed by atoms with Gasteiger partial charge in [-0.15, -0.1) is 0 Å². The third kappa shape index (κ3) is 3.78. The highest BCUT2D eigenvalue weighted by Crippen LogP contribution is 2.39. The molecule has 0 aromatic heterocycles. The number of rotatable bonds is 3. The molecule has 2 heteroatoms. The van der Waals surface area contributed by atoms with Gasteiger partial charge >= 0.3 is 0 Å². The second-order valence-electron chi connectivity index (χ2n) is 7.42. The van der Waals surface area contributed by atoms with Gasteiger partial charge < -0.3 is 5.11 Å². The van der Waals surface area contributed by atoms with Gasteiger partial charge in [-0.25, -0.2) is 0 Å². The summed E-state index contributed by atoms with van der Waals surface area (Å²) < 4.78 is 0. The summed E-state index contributed by atoms with van der Waals surface area (Å²) in [7, 11) is -0.859. The smallest absolute Gasteiger partial charge is 0.0138 e. The number of hydrogen-bond acceptors (Lipinski definition) is 1. The van der Waals surface area contributed by atoms with E-state index >= 15 is 0 Å². The van der Waals surface area contributed by atoms with Crippen LogP contribution in [0.15, 0.2) is 72.8 Å². The van der Waals surface area contributed by atoms with E-state index < -0.39 is 7.92 Å². The Kier molecular flexibility index (Phi) is 4.97. The molecule has 128 valence electrons. The van der Waals surface area contributed by atoms with Crippen molar-refractivity contribution in [1.29, 1.82) is 0 Å². The molecule has 0 amide bonds. The quantitative estimate of drug-likeness (QED) is 0.654. The van der Waals surface area contributed by atoms with Crippen molar-refractivity contribution in [3.05, 3.63) is 83.9 Å². The van der Waals surface area contributed by atoms with Gasteiger partial charge in [0.1, 0.15) is 0 Å². The van der Waals surface area contributed by atoms with Crippen LogP contribution in [0, 0.1) is 6.92 Å². The minimum atomic E-state index is -0.859. The lowest BCUT2D eigenvalue weighted by Gasteiger charge is -2.32. The summed E-state index contributed by atoms with van der Waals surface area (Å²) >= 11 is 0. The maximum atomic E-state index is 13.4. The summed E-state index contributed by atoms with van der Waals surface area (Å²) in [5.74, 6) is 0.192. The van der Waals surface area contributed by atoms with Crippen molar-refractivity contribution in [2.45, 2.75) is 33.1 Å². The Morgan fingerprint density at radius 2 is 1.24 bits per heavy atom. The van der Waals surface area contributed by atoms with Crippen molar-refractivity contribution >= 4 is 23.8 Å². The zero-order valence-electron chi connectivity index (χ0n) is 15.3. The van der Waals surface area contributed by atoms with Crippen molar-refractivity contribution in [2.24, 2.45) is 0 Å². The molecule has 0 bridgehead atoms. The van der Waals surface area contributed by atoms with E-state index in [1.807, 2.05) is 12.1 Å². The van der Waals surface area contributed by atoms with Gasteiger partial charge in [0.25, 0.3) is 0 Å². The molecule has 1 nitrogen and oxygen atoms in total. The monoisotopic (exact) mass is 347 g/mol. The Bertz CT molecular complexity index is 809. The third-order valence-electron chi connectivity index (χ3n) is 4.29. The molecule has 0 aliphatic rings. The SMILES string of the molecule is Cc1cc(P(c2ccccc2)c2ccccc2)c([O-])c(C(C)(C)C)c1. The first-order chi connectivity index (χ1) is 11.9. The molecule has 0 saturated carbocycles. The highest BCUT2D eigenvalue weighted by Gasteiger charge is 2.22. The van der Waals surface area contributed by atoms with Crippen LogP contribution in [0.25, 0.3) is 0 Å². The van der Waals surface area contributed by atoms with Crippen molar-refractivity contribution in [3.8, 4) is 5.75 Å². The molecule has 0 aliphatic heterocycles. The van der Waals surface area contributed by atoms with E-state index in [4.69, 9.17) is 0 Å². The lowest BCUT2D eigenvalue weighted by Crippen LogP contribution is -2.27. The number of benzene rings is 3. The Morgan fingerprint density at radius 3 is 1.68 bits per heavy atom. The molecular formula is C23H24OP-. The normalized spacial score (nSPS) is 11.7. The van der Waals surface area contributed by atoms with E-state index in [-0.39, 0.29) is 11.2 Å². The molecule has 3 rings (SSSR count). The largest absolute Gasteiger partial charge is 0.872 e. The Hall–Kier alpha value is -2.11. The van der Waals surface area contributed by atoms with Crippen molar-refractivity contribution in [3.63, 3.8) is 0 Å². The van der Waals surface area contributed by atoms with Gasteiger partial charge in [0.15, 0.2) is 0 Å². The molecule has 0 saturated heterocycles. The van der Waals surface area contributed by atoms with Gasteiger partial charge in [0, 0.05) is 0 Å². The van der Waals surface area contributed by atoms with Crippen LogP contribution in [0.3, 0.4) is 0 Å². The first kappa shape index (κ1) is 17.7. The van der Waals surface area contributed by atoms with Crippen LogP contribution in [0.4, 0.5) is 0 Å². The molecule has 0 heterocycles. The van der Waals surface area contributed by atoms with Gasteiger partial charge in [0.05, 0.1) is 0 Å². The topological polar surface area (TPSA) is 23.1 Å². The van der Waals surface area contributed by atoms with Crippen molar-refractivity contribution < 1.29 is 5.11 Å². The van der Waals surface area contributed by atoms with E-state index in [1.165, 1.54) is 10.6 Å². The zero-order valence-corrected chi connectivity index (χ0v) is 16.2. The Labute approximate surface area is 152 Å². The minimum Gasteiger partial charge on any atom is -0.872 e. The van der Waals surface area contributed by atoms with Gasteiger partial charge in [-0.2, -0.15) is 0 Å². The van der Waals surface area contributed by atoms with E-state index in [0.717, 1.165) is 16.4 Å². The molecule has 25 heavy (non-hydrogen) atoms. The fourth-order valence-corrected chi connectivity index (χ4v) is 5.51. The summed E-state index contributed by atoms with van der Waals surface area (Å²) in [5.41, 5.74) is 1.90. The highest BCUT2D eigenvalue weighted by atomic mass is 31.1. The lowest BCUT2D eigenvalue weighted by molar-refractivity contribution is -0.268.